The highest BCUT2D eigenvalue weighted by Gasteiger charge is 2.35. The first-order chi connectivity index (χ1) is 16.0. The van der Waals surface area contributed by atoms with Crippen LogP contribution in [-0.4, -0.2) is 67.1 Å². The Morgan fingerprint density at radius 3 is 2.52 bits per heavy atom. The Labute approximate surface area is 198 Å². The summed E-state index contributed by atoms with van der Waals surface area (Å²) in [6.07, 6.45) is 0.899. The SMILES string of the molecule is O=C(C[C@H]1CN(C(=O)Cc2cccc(Cl)c2)CC[C@@H]1Oc1ccc(F)cc1)N1CCOCC1. The van der Waals surface area contributed by atoms with Gasteiger partial charge in [-0.05, 0) is 42.0 Å². The Morgan fingerprint density at radius 1 is 1.03 bits per heavy atom. The molecule has 0 aromatic heterocycles. The third-order valence-electron chi connectivity index (χ3n) is 6.16. The van der Waals surface area contributed by atoms with Crippen molar-refractivity contribution < 1.29 is 23.5 Å². The lowest BCUT2D eigenvalue weighted by molar-refractivity contribution is -0.141. The minimum absolute atomic E-state index is 0.00122. The second-order valence-electron chi connectivity index (χ2n) is 8.50. The average molecular weight is 475 g/mol. The van der Waals surface area contributed by atoms with E-state index < -0.39 is 0 Å². The minimum atomic E-state index is -0.331. The smallest absolute Gasteiger partial charge is 0.227 e. The predicted octanol–water partition coefficient (Wildman–Crippen LogP) is 3.57. The second kappa shape index (κ2) is 11.0. The standard InChI is InChI=1S/C25H28ClFN2O4/c26-20-3-1-2-18(14-20)15-24(30)29-9-8-23(33-22-6-4-21(27)5-7-22)19(17-29)16-25(31)28-10-12-32-13-11-28/h1-7,14,19,23H,8-13,15-17H2/t19-,23-/m0/s1. The Hall–Kier alpha value is -2.64. The number of carbonyl (C=O) groups is 2. The molecule has 2 heterocycles. The van der Waals surface area contributed by atoms with Crippen molar-refractivity contribution >= 4 is 23.4 Å². The molecule has 0 aliphatic carbocycles. The van der Waals surface area contributed by atoms with Crippen molar-refractivity contribution in [3.05, 3.63) is 64.9 Å². The molecule has 6 nitrogen and oxygen atoms in total. The zero-order valence-electron chi connectivity index (χ0n) is 18.4. The van der Waals surface area contributed by atoms with E-state index in [9.17, 15) is 14.0 Å². The summed E-state index contributed by atoms with van der Waals surface area (Å²) in [6.45, 7) is 3.19. The van der Waals surface area contributed by atoms with Gasteiger partial charge in [0.25, 0.3) is 0 Å². The molecule has 2 aliphatic rings. The van der Waals surface area contributed by atoms with Crippen LogP contribution in [-0.2, 0) is 20.7 Å². The molecule has 0 unspecified atom stereocenters. The third-order valence-corrected chi connectivity index (χ3v) is 6.40. The lowest BCUT2D eigenvalue weighted by atomic mass is 9.90. The molecule has 33 heavy (non-hydrogen) atoms. The van der Waals surface area contributed by atoms with Gasteiger partial charge in [0.1, 0.15) is 17.7 Å². The van der Waals surface area contributed by atoms with Gasteiger partial charge in [-0.25, -0.2) is 4.39 Å². The van der Waals surface area contributed by atoms with Crippen LogP contribution in [0.1, 0.15) is 18.4 Å². The van der Waals surface area contributed by atoms with E-state index >= 15 is 0 Å². The monoisotopic (exact) mass is 474 g/mol. The van der Waals surface area contributed by atoms with Crippen LogP contribution in [0.5, 0.6) is 5.75 Å². The van der Waals surface area contributed by atoms with E-state index in [4.69, 9.17) is 21.1 Å². The number of carbonyl (C=O) groups excluding carboxylic acids is 2. The van der Waals surface area contributed by atoms with E-state index in [1.807, 2.05) is 21.9 Å². The van der Waals surface area contributed by atoms with Crippen molar-refractivity contribution in [2.45, 2.75) is 25.4 Å². The lowest BCUT2D eigenvalue weighted by Crippen LogP contribution is -2.50. The molecule has 176 valence electrons. The number of morpholine rings is 1. The molecule has 2 aliphatic heterocycles. The largest absolute Gasteiger partial charge is 0.490 e. The Morgan fingerprint density at radius 2 is 1.79 bits per heavy atom. The van der Waals surface area contributed by atoms with Crippen LogP contribution in [0.15, 0.2) is 48.5 Å². The molecule has 2 saturated heterocycles. The predicted molar refractivity (Wildman–Crippen MR) is 123 cm³/mol. The molecule has 2 amide bonds. The summed E-state index contributed by atoms with van der Waals surface area (Å²) in [7, 11) is 0. The van der Waals surface area contributed by atoms with Gasteiger partial charge in [-0.2, -0.15) is 0 Å². The number of hydrogen-bond acceptors (Lipinski definition) is 4. The van der Waals surface area contributed by atoms with Crippen LogP contribution < -0.4 is 4.74 Å². The first-order valence-corrected chi connectivity index (χ1v) is 11.7. The summed E-state index contributed by atoms with van der Waals surface area (Å²) in [5.74, 6) is 0.107. The molecule has 2 aromatic carbocycles. The van der Waals surface area contributed by atoms with E-state index in [1.54, 1.807) is 24.3 Å². The Balaban J connectivity index is 1.44. The molecule has 0 saturated carbocycles. The number of rotatable bonds is 6. The average Bonchev–Trinajstić information content (AvgIpc) is 2.82. The van der Waals surface area contributed by atoms with Gasteiger partial charge in [0, 0.05) is 50.0 Å². The quantitative estimate of drug-likeness (QED) is 0.642. The summed E-state index contributed by atoms with van der Waals surface area (Å²) in [6, 6.07) is 13.2. The van der Waals surface area contributed by atoms with Crippen molar-refractivity contribution in [3.8, 4) is 5.75 Å². The van der Waals surface area contributed by atoms with E-state index in [-0.39, 0.29) is 42.5 Å². The number of benzene rings is 2. The number of nitrogens with zero attached hydrogens (tertiary/aromatic N) is 2. The van der Waals surface area contributed by atoms with Crippen molar-refractivity contribution in [1.29, 1.82) is 0 Å². The lowest BCUT2D eigenvalue weighted by Gasteiger charge is -2.39. The van der Waals surface area contributed by atoms with Crippen LogP contribution in [0.4, 0.5) is 4.39 Å². The highest BCUT2D eigenvalue weighted by atomic mass is 35.5. The van der Waals surface area contributed by atoms with E-state index in [2.05, 4.69) is 0 Å². The highest BCUT2D eigenvalue weighted by molar-refractivity contribution is 6.30. The fraction of sp³-hybridized carbons (Fsp3) is 0.440. The molecular formula is C25H28ClFN2O4. The molecule has 8 heteroatoms. The second-order valence-corrected chi connectivity index (χ2v) is 8.94. The first kappa shape index (κ1) is 23.5. The number of halogens is 2. The van der Waals surface area contributed by atoms with Crippen LogP contribution in [0, 0.1) is 11.7 Å². The summed E-state index contributed by atoms with van der Waals surface area (Å²) in [4.78, 5) is 29.6. The highest BCUT2D eigenvalue weighted by Crippen LogP contribution is 2.27. The molecule has 4 rings (SSSR count). The zero-order valence-corrected chi connectivity index (χ0v) is 19.2. The number of hydrogen-bond donors (Lipinski definition) is 0. The normalized spacial score (nSPS) is 21.0. The fourth-order valence-corrected chi connectivity index (χ4v) is 4.59. The number of amides is 2. The fourth-order valence-electron chi connectivity index (χ4n) is 4.38. The molecule has 0 bridgehead atoms. The molecular weight excluding hydrogens is 447 g/mol. The maximum atomic E-state index is 13.3. The summed E-state index contributed by atoms with van der Waals surface area (Å²) < 4.78 is 24.8. The number of ether oxygens (including phenoxy) is 2. The van der Waals surface area contributed by atoms with Gasteiger partial charge in [-0.15, -0.1) is 0 Å². The molecule has 2 fully saturated rings. The molecule has 0 N–H and O–H groups in total. The van der Waals surface area contributed by atoms with Gasteiger partial charge in [0.2, 0.25) is 11.8 Å². The van der Waals surface area contributed by atoms with Crippen molar-refractivity contribution in [1.82, 2.24) is 9.80 Å². The van der Waals surface area contributed by atoms with Gasteiger partial charge in [0.05, 0.1) is 19.6 Å². The van der Waals surface area contributed by atoms with E-state index in [1.165, 1.54) is 12.1 Å². The molecule has 2 aromatic rings. The Bertz CT molecular complexity index is 965. The van der Waals surface area contributed by atoms with Crippen LogP contribution >= 0.6 is 11.6 Å². The summed E-state index contributed by atoms with van der Waals surface area (Å²) in [5, 5.41) is 0.598. The van der Waals surface area contributed by atoms with Gasteiger partial charge in [-0.3, -0.25) is 9.59 Å². The van der Waals surface area contributed by atoms with Gasteiger partial charge in [-0.1, -0.05) is 23.7 Å². The van der Waals surface area contributed by atoms with Crippen molar-refractivity contribution in [2.24, 2.45) is 5.92 Å². The number of likely N-dealkylation sites (tertiary alicyclic amines) is 1. The van der Waals surface area contributed by atoms with Gasteiger partial charge in [0.15, 0.2) is 0 Å². The maximum Gasteiger partial charge on any atom is 0.227 e. The summed E-state index contributed by atoms with van der Waals surface area (Å²) >= 11 is 6.06. The van der Waals surface area contributed by atoms with Crippen molar-refractivity contribution in [2.75, 3.05) is 39.4 Å². The zero-order chi connectivity index (χ0) is 23.2. The third kappa shape index (κ3) is 6.45. The van der Waals surface area contributed by atoms with Gasteiger partial charge < -0.3 is 19.3 Å². The molecule has 2 atom stereocenters. The topological polar surface area (TPSA) is 59.1 Å². The van der Waals surface area contributed by atoms with Crippen LogP contribution in [0.2, 0.25) is 5.02 Å². The van der Waals surface area contributed by atoms with Gasteiger partial charge >= 0.3 is 0 Å². The molecule has 0 radical (unpaired) electrons. The molecule has 0 spiro atoms. The van der Waals surface area contributed by atoms with E-state index in [0.29, 0.717) is 56.6 Å². The Kier molecular flexibility index (Phi) is 7.83. The van der Waals surface area contributed by atoms with Crippen LogP contribution in [0.25, 0.3) is 0 Å². The first-order valence-electron chi connectivity index (χ1n) is 11.3. The van der Waals surface area contributed by atoms with E-state index in [0.717, 1.165) is 5.56 Å². The summed E-state index contributed by atoms with van der Waals surface area (Å²) in [5.41, 5.74) is 0.859. The van der Waals surface area contributed by atoms with Crippen LogP contribution in [0.3, 0.4) is 0 Å². The van der Waals surface area contributed by atoms with Crippen molar-refractivity contribution in [3.63, 3.8) is 0 Å². The maximum absolute atomic E-state index is 13.3. The minimum Gasteiger partial charge on any atom is -0.490 e. The number of piperidine rings is 1.